The predicted octanol–water partition coefficient (Wildman–Crippen LogP) is 1.46. The van der Waals surface area contributed by atoms with Crippen LogP contribution in [-0.4, -0.2) is 44.0 Å². The van der Waals surface area contributed by atoms with Gasteiger partial charge in [-0.2, -0.15) is 10.2 Å². The Morgan fingerprint density at radius 3 is 3.00 bits per heavy atom. The molecule has 2 aromatic heterocycles. The first-order valence-corrected chi connectivity index (χ1v) is 7.92. The summed E-state index contributed by atoms with van der Waals surface area (Å²) in [6, 6.07) is 6.11. The molecule has 4 rings (SSSR count). The molecular weight excluding hydrogens is 325 g/mol. The van der Waals surface area contributed by atoms with E-state index in [2.05, 4.69) is 30.9 Å². The van der Waals surface area contributed by atoms with E-state index in [9.17, 15) is 9.18 Å². The molecule has 1 amide bonds. The van der Waals surface area contributed by atoms with Gasteiger partial charge in [0.15, 0.2) is 11.5 Å². The second kappa shape index (κ2) is 6.44. The molecule has 128 valence electrons. The van der Waals surface area contributed by atoms with Gasteiger partial charge in [0.2, 0.25) is 0 Å². The van der Waals surface area contributed by atoms with Crippen LogP contribution >= 0.6 is 0 Å². The van der Waals surface area contributed by atoms with Crippen LogP contribution in [0.4, 0.5) is 10.1 Å². The van der Waals surface area contributed by atoms with Gasteiger partial charge in [-0.3, -0.25) is 9.89 Å². The van der Waals surface area contributed by atoms with Gasteiger partial charge in [0.05, 0.1) is 0 Å². The summed E-state index contributed by atoms with van der Waals surface area (Å²) in [5.41, 5.74) is 1.82. The van der Waals surface area contributed by atoms with Crippen molar-refractivity contribution in [3.63, 3.8) is 0 Å². The fraction of sp³-hybridized carbons (Fsp3) is 0.250. The summed E-state index contributed by atoms with van der Waals surface area (Å²) < 4.78 is 15.5. The second-order valence-electron chi connectivity index (χ2n) is 5.86. The number of nitrogens with one attached hydrogen (secondary N) is 3. The van der Waals surface area contributed by atoms with Crippen LogP contribution in [0.5, 0.6) is 0 Å². The molecule has 0 saturated carbocycles. The number of anilines is 1. The Kier molecular flexibility index (Phi) is 3.98. The summed E-state index contributed by atoms with van der Waals surface area (Å²) in [5.74, 6) is -0.558. The number of carbonyl (C=O) groups is 1. The Labute approximate surface area is 142 Å². The monoisotopic (exact) mass is 341 g/mol. The fourth-order valence-electron chi connectivity index (χ4n) is 2.88. The molecule has 1 unspecified atom stereocenters. The molecule has 1 aromatic carbocycles. The summed E-state index contributed by atoms with van der Waals surface area (Å²) in [5, 5.41) is 16.8. The highest BCUT2D eigenvalue weighted by molar-refractivity contribution is 6.02. The zero-order chi connectivity index (χ0) is 17.2. The molecule has 9 heteroatoms. The number of aromatic nitrogens is 5. The van der Waals surface area contributed by atoms with Crippen molar-refractivity contribution in [2.45, 2.75) is 12.3 Å². The number of aromatic amines is 1. The molecular formula is C16H16FN7O. The maximum atomic E-state index is 14.2. The van der Waals surface area contributed by atoms with Gasteiger partial charge in [0, 0.05) is 23.8 Å². The lowest BCUT2D eigenvalue weighted by Crippen LogP contribution is -2.13. The molecule has 0 spiro atoms. The first-order chi connectivity index (χ1) is 12.2. The average Bonchev–Trinajstić information content (AvgIpc) is 3.35. The number of hydrogen-bond donors (Lipinski definition) is 3. The Bertz CT molecular complexity index is 884. The molecule has 1 fully saturated rings. The van der Waals surface area contributed by atoms with Crippen LogP contribution in [-0.2, 0) is 0 Å². The van der Waals surface area contributed by atoms with Crippen LogP contribution in [0.2, 0.25) is 0 Å². The molecule has 8 nitrogen and oxygen atoms in total. The van der Waals surface area contributed by atoms with E-state index in [1.54, 1.807) is 12.1 Å². The molecule has 1 aliphatic heterocycles. The molecule has 1 atom stereocenters. The maximum Gasteiger partial charge on any atom is 0.276 e. The van der Waals surface area contributed by atoms with E-state index in [0.717, 1.165) is 25.2 Å². The number of nitrogens with zero attached hydrogens (tertiary/aromatic N) is 4. The molecule has 0 aliphatic carbocycles. The van der Waals surface area contributed by atoms with Crippen molar-refractivity contribution in [2.75, 3.05) is 18.4 Å². The summed E-state index contributed by atoms with van der Waals surface area (Å²) in [6.45, 7) is 1.83. The van der Waals surface area contributed by atoms with Crippen LogP contribution in [0.25, 0.3) is 5.69 Å². The third kappa shape index (κ3) is 3.13. The molecule has 3 aromatic rings. The Morgan fingerprint density at radius 1 is 1.36 bits per heavy atom. The van der Waals surface area contributed by atoms with Crippen molar-refractivity contribution < 1.29 is 9.18 Å². The average molecular weight is 341 g/mol. The highest BCUT2D eigenvalue weighted by Gasteiger charge is 2.20. The molecule has 1 saturated heterocycles. The third-order valence-electron chi connectivity index (χ3n) is 4.20. The fourth-order valence-corrected chi connectivity index (χ4v) is 2.88. The number of hydrogen-bond acceptors (Lipinski definition) is 5. The molecule has 0 radical (unpaired) electrons. The Hall–Kier alpha value is -3.07. The van der Waals surface area contributed by atoms with Gasteiger partial charge in [-0.25, -0.2) is 14.1 Å². The van der Waals surface area contributed by atoms with Gasteiger partial charge < -0.3 is 10.6 Å². The normalized spacial score (nSPS) is 16.9. The van der Waals surface area contributed by atoms with E-state index in [0.29, 0.717) is 11.6 Å². The van der Waals surface area contributed by atoms with E-state index < -0.39 is 5.82 Å². The summed E-state index contributed by atoms with van der Waals surface area (Å²) >= 11 is 0. The number of benzene rings is 1. The topological polar surface area (TPSA) is 101 Å². The zero-order valence-corrected chi connectivity index (χ0v) is 13.2. The highest BCUT2D eigenvalue weighted by Crippen LogP contribution is 2.22. The summed E-state index contributed by atoms with van der Waals surface area (Å²) in [7, 11) is 0. The lowest BCUT2D eigenvalue weighted by molar-refractivity contribution is 0.102. The zero-order valence-electron chi connectivity index (χ0n) is 13.2. The number of amides is 1. The Morgan fingerprint density at radius 2 is 2.28 bits per heavy atom. The number of rotatable bonds is 4. The minimum Gasteiger partial charge on any atom is -0.320 e. The third-order valence-corrected chi connectivity index (χ3v) is 4.20. The van der Waals surface area contributed by atoms with Crippen molar-refractivity contribution in [3.8, 4) is 5.69 Å². The standard InChI is InChI=1S/C16H16FN7O/c17-12-5-11(1-2-15(12)24-9-19-8-20-24)21-16(25)14-6-13(22-23-14)10-3-4-18-7-10/h1-2,5-6,8-10,18H,3-4,7H2,(H,21,25)(H,22,23). The van der Waals surface area contributed by atoms with E-state index in [1.165, 1.54) is 29.5 Å². The first kappa shape index (κ1) is 15.5. The molecule has 25 heavy (non-hydrogen) atoms. The number of H-pyrrole nitrogens is 1. The van der Waals surface area contributed by atoms with Gasteiger partial charge in [-0.05, 0) is 37.2 Å². The summed E-state index contributed by atoms with van der Waals surface area (Å²) in [6.07, 6.45) is 3.74. The second-order valence-corrected chi connectivity index (χ2v) is 5.86. The molecule has 1 aliphatic rings. The SMILES string of the molecule is O=C(Nc1ccc(-n2cncn2)c(F)c1)c1cc(C2CCNC2)[nH]n1. The smallest absolute Gasteiger partial charge is 0.276 e. The predicted molar refractivity (Wildman–Crippen MR) is 88.1 cm³/mol. The minimum atomic E-state index is -0.511. The van der Waals surface area contributed by atoms with Crippen molar-refractivity contribution >= 4 is 11.6 Å². The largest absolute Gasteiger partial charge is 0.320 e. The number of halogens is 1. The van der Waals surface area contributed by atoms with E-state index >= 15 is 0 Å². The van der Waals surface area contributed by atoms with Gasteiger partial charge >= 0.3 is 0 Å². The van der Waals surface area contributed by atoms with Gasteiger partial charge in [-0.15, -0.1) is 0 Å². The van der Waals surface area contributed by atoms with Crippen LogP contribution < -0.4 is 10.6 Å². The van der Waals surface area contributed by atoms with Crippen LogP contribution in [0.15, 0.2) is 36.9 Å². The number of carbonyl (C=O) groups excluding carboxylic acids is 1. The van der Waals surface area contributed by atoms with Crippen molar-refractivity contribution in [3.05, 3.63) is 54.1 Å². The van der Waals surface area contributed by atoms with Gasteiger partial charge in [0.1, 0.15) is 18.3 Å². The first-order valence-electron chi connectivity index (χ1n) is 7.92. The van der Waals surface area contributed by atoms with Crippen molar-refractivity contribution in [2.24, 2.45) is 0 Å². The van der Waals surface area contributed by atoms with Crippen LogP contribution in [0.1, 0.15) is 28.5 Å². The van der Waals surface area contributed by atoms with E-state index in [4.69, 9.17) is 0 Å². The lowest BCUT2D eigenvalue weighted by atomic mass is 10.1. The molecule has 0 bridgehead atoms. The minimum absolute atomic E-state index is 0.256. The highest BCUT2D eigenvalue weighted by atomic mass is 19.1. The summed E-state index contributed by atoms with van der Waals surface area (Å²) in [4.78, 5) is 16.1. The van der Waals surface area contributed by atoms with Crippen LogP contribution in [0.3, 0.4) is 0 Å². The Balaban J connectivity index is 1.48. The maximum absolute atomic E-state index is 14.2. The van der Waals surface area contributed by atoms with E-state index in [-0.39, 0.29) is 17.3 Å². The molecule has 3 heterocycles. The van der Waals surface area contributed by atoms with E-state index in [1.807, 2.05) is 0 Å². The van der Waals surface area contributed by atoms with Crippen LogP contribution in [0, 0.1) is 5.82 Å². The van der Waals surface area contributed by atoms with Gasteiger partial charge in [0.25, 0.3) is 5.91 Å². The lowest BCUT2D eigenvalue weighted by Gasteiger charge is -2.07. The van der Waals surface area contributed by atoms with Gasteiger partial charge in [-0.1, -0.05) is 0 Å². The van der Waals surface area contributed by atoms with Crippen molar-refractivity contribution in [1.82, 2.24) is 30.3 Å². The quantitative estimate of drug-likeness (QED) is 0.667. The molecule has 3 N–H and O–H groups in total. The van der Waals surface area contributed by atoms with Crippen molar-refractivity contribution in [1.29, 1.82) is 0 Å².